The second-order valence-corrected chi connectivity index (χ2v) is 5.36. The van der Waals surface area contributed by atoms with Crippen molar-refractivity contribution in [3.8, 4) is 0 Å². The SMILES string of the molecule is CC1NC2(CC2)C(=O)N1CCSC(F)(F)F. The average Bonchev–Trinajstić information content (AvgIpc) is 2.86. The number of halogens is 3. The Morgan fingerprint density at radius 1 is 1.56 bits per heavy atom. The lowest BCUT2D eigenvalue weighted by molar-refractivity contribution is -0.130. The van der Waals surface area contributed by atoms with E-state index in [9.17, 15) is 18.0 Å². The van der Waals surface area contributed by atoms with Gasteiger partial charge in [0.05, 0.1) is 11.7 Å². The van der Waals surface area contributed by atoms with Crippen molar-refractivity contribution in [1.29, 1.82) is 0 Å². The van der Waals surface area contributed by atoms with Crippen LogP contribution >= 0.6 is 11.8 Å². The maximum atomic E-state index is 11.9. The molecule has 1 aliphatic heterocycles. The molecular formula is C9H13F3N2OS. The fourth-order valence-electron chi connectivity index (χ4n) is 2.03. The van der Waals surface area contributed by atoms with Gasteiger partial charge >= 0.3 is 5.51 Å². The molecule has 0 bridgehead atoms. The summed E-state index contributed by atoms with van der Waals surface area (Å²) in [7, 11) is 0. The van der Waals surface area contributed by atoms with Gasteiger partial charge in [-0.1, -0.05) is 0 Å². The molecule has 1 amide bonds. The highest BCUT2D eigenvalue weighted by Gasteiger charge is 2.57. The molecule has 2 aliphatic rings. The zero-order valence-corrected chi connectivity index (χ0v) is 9.62. The third kappa shape index (κ3) is 2.29. The minimum atomic E-state index is -4.21. The molecule has 7 heteroatoms. The molecule has 0 aromatic rings. The third-order valence-corrected chi connectivity index (χ3v) is 3.68. The third-order valence-electron chi connectivity index (χ3n) is 2.97. The van der Waals surface area contributed by atoms with Crippen LogP contribution in [0.1, 0.15) is 19.8 Å². The molecule has 2 rings (SSSR count). The molecule has 0 radical (unpaired) electrons. The van der Waals surface area contributed by atoms with E-state index in [0.29, 0.717) is 0 Å². The highest BCUT2D eigenvalue weighted by molar-refractivity contribution is 8.00. The monoisotopic (exact) mass is 254 g/mol. The molecule has 1 atom stereocenters. The van der Waals surface area contributed by atoms with Crippen LogP contribution in [0.15, 0.2) is 0 Å². The molecule has 1 aliphatic carbocycles. The first-order valence-corrected chi connectivity index (χ1v) is 6.12. The summed E-state index contributed by atoms with van der Waals surface area (Å²) in [6.07, 6.45) is 1.46. The van der Waals surface area contributed by atoms with Crippen LogP contribution in [-0.2, 0) is 4.79 Å². The Hall–Kier alpha value is -0.430. The molecule has 1 unspecified atom stereocenters. The van der Waals surface area contributed by atoms with Crippen molar-refractivity contribution in [1.82, 2.24) is 10.2 Å². The summed E-state index contributed by atoms with van der Waals surface area (Å²) in [5.41, 5.74) is -4.64. The summed E-state index contributed by atoms with van der Waals surface area (Å²) in [5.74, 6) is -0.139. The number of amides is 1. The Balaban J connectivity index is 1.84. The second kappa shape index (κ2) is 3.80. The van der Waals surface area contributed by atoms with E-state index in [1.54, 1.807) is 0 Å². The number of carbonyl (C=O) groups is 1. The number of hydrogen-bond donors (Lipinski definition) is 1. The quantitative estimate of drug-likeness (QED) is 0.829. The summed E-state index contributed by atoms with van der Waals surface area (Å²) in [4.78, 5) is 13.3. The normalized spacial score (nSPS) is 27.9. The number of thioether (sulfide) groups is 1. The topological polar surface area (TPSA) is 32.3 Å². The molecule has 1 spiro atoms. The minimum absolute atomic E-state index is 0.0391. The molecule has 92 valence electrons. The van der Waals surface area contributed by atoms with Crippen LogP contribution < -0.4 is 5.32 Å². The predicted octanol–water partition coefficient (Wildman–Crippen LogP) is 1.55. The number of alkyl halides is 3. The van der Waals surface area contributed by atoms with Crippen LogP contribution in [0.2, 0.25) is 0 Å². The number of nitrogens with zero attached hydrogens (tertiary/aromatic N) is 1. The van der Waals surface area contributed by atoms with Gasteiger partial charge in [-0.25, -0.2) is 0 Å². The van der Waals surface area contributed by atoms with Crippen LogP contribution in [0.4, 0.5) is 13.2 Å². The summed E-state index contributed by atoms with van der Waals surface area (Å²) in [6, 6.07) is 0. The summed E-state index contributed by atoms with van der Waals surface area (Å²) >= 11 is -0.0766. The number of carbonyl (C=O) groups excluding carboxylic acids is 1. The summed E-state index contributed by atoms with van der Waals surface area (Å²) in [5, 5.41) is 3.14. The van der Waals surface area contributed by atoms with Crippen molar-refractivity contribution in [3.63, 3.8) is 0 Å². The fourth-order valence-corrected chi connectivity index (χ4v) is 2.55. The first-order valence-electron chi connectivity index (χ1n) is 5.14. The van der Waals surface area contributed by atoms with E-state index in [-0.39, 0.29) is 36.1 Å². The van der Waals surface area contributed by atoms with Crippen LogP contribution in [0.3, 0.4) is 0 Å². The van der Waals surface area contributed by atoms with Gasteiger partial charge in [0.1, 0.15) is 0 Å². The van der Waals surface area contributed by atoms with Crippen molar-refractivity contribution in [2.45, 2.75) is 37.0 Å². The van der Waals surface area contributed by atoms with Gasteiger partial charge in [-0.15, -0.1) is 0 Å². The molecular weight excluding hydrogens is 241 g/mol. The first kappa shape index (κ1) is 12.0. The zero-order valence-electron chi connectivity index (χ0n) is 8.80. The maximum absolute atomic E-state index is 11.9. The second-order valence-electron chi connectivity index (χ2n) is 4.20. The molecule has 1 heterocycles. The van der Waals surface area contributed by atoms with Crippen molar-refractivity contribution < 1.29 is 18.0 Å². The summed E-state index contributed by atoms with van der Waals surface area (Å²) < 4.78 is 35.8. The van der Waals surface area contributed by atoms with E-state index in [4.69, 9.17) is 0 Å². The van der Waals surface area contributed by atoms with Crippen molar-refractivity contribution in [3.05, 3.63) is 0 Å². The van der Waals surface area contributed by atoms with Gasteiger partial charge in [-0.05, 0) is 31.5 Å². The maximum Gasteiger partial charge on any atom is 0.441 e. The summed E-state index contributed by atoms with van der Waals surface area (Å²) in [6.45, 7) is 1.96. The lowest BCUT2D eigenvalue weighted by atomic mass is 10.3. The highest BCUT2D eigenvalue weighted by Crippen LogP contribution is 2.42. The van der Waals surface area contributed by atoms with E-state index in [1.165, 1.54) is 4.90 Å². The number of rotatable bonds is 3. The van der Waals surface area contributed by atoms with Gasteiger partial charge in [0.25, 0.3) is 0 Å². The van der Waals surface area contributed by atoms with Crippen molar-refractivity contribution in [2.75, 3.05) is 12.3 Å². The lowest BCUT2D eigenvalue weighted by Crippen LogP contribution is -2.36. The van der Waals surface area contributed by atoms with Crippen molar-refractivity contribution in [2.24, 2.45) is 0 Å². The van der Waals surface area contributed by atoms with Gasteiger partial charge < -0.3 is 4.90 Å². The van der Waals surface area contributed by atoms with Gasteiger partial charge in [0.2, 0.25) is 5.91 Å². The molecule has 1 saturated heterocycles. The van der Waals surface area contributed by atoms with E-state index in [1.807, 2.05) is 6.92 Å². The van der Waals surface area contributed by atoms with E-state index in [0.717, 1.165) is 12.8 Å². The molecule has 0 aromatic heterocycles. The molecule has 1 saturated carbocycles. The number of hydrogen-bond acceptors (Lipinski definition) is 3. The number of nitrogens with one attached hydrogen (secondary N) is 1. The zero-order chi connectivity index (χ0) is 12.0. The molecule has 0 aromatic carbocycles. The molecule has 2 fully saturated rings. The Bertz CT molecular complexity index is 304. The van der Waals surface area contributed by atoms with Crippen LogP contribution in [0.5, 0.6) is 0 Å². The highest BCUT2D eigenvalue weighted by atomic mass is 32.2. The fraction of sp³-hybridized carbons (Fsp3) is 0.889. The molecule has 3 nitrogen and oxygen atoms in total. The van der Waals surface area contributed by atoms with E-state index in [2.05, 4.69) is 5.32 Å². The smallest absolute Gasteiger partial charge is 0.325 e. The molecule has 16 heavy (non-hydrogen) atoms. The Morgan fingerprint density at radius 2 is 2.19 bits per heavy atom. The van der Waals surface area contributed by atoms with Crippen LogP contribution in [-0.4, -0.2) is 40.3 Å². The Labute approximate surface area is 95.7 Å². The predicted molar refractivity (Wildman–Crippen MR) is 54.8 cm³/mol. The van der Waals surface area contributed by atoms with Gasteiger partial charge in [0, 0.05) is 12.3 Å². The largest absolute Gasteiger partial charge is 0.441 e. The minimum Gasteiger partial charge on any atom is -0.325 e. The Kier molecular flexibility index (Phi) is 2.86. The van der Waals surface area contributed by atoms with Crippen LogP contribution in [0, 0.1) is 0 Å². The van der Waals surface area contributed by atoms with Gasteiger partial charge in [-0.2, -0.15) is 13.2 Å². The average molecular weight is 254 g/mol. The van der Waals surface area contributed by atoms with Gasteiger partial charge in [0.15, 0.2) is 0 Å². The standard InChI is InChI=1S/C9H13F3N2OS/c1-6-13-8(2-3-8)7(15)14(6)4-5-16-9(10,11)12/h6,13H,2-5H2,1H3. The molecule has 1 N–H and O–H groups in total. The van der Waals surface area contributed by atoms with Crippen LogP contribution in [0.25, 0.3) is 0 Å². The van der Waals surface area contributed by atoms with Gasteiger partial charge in [-0.3, -0.25) is 10.1 Å². The van der Waals surface area contributed by atoms with E-state index >= 15 is 0 Å². The van der Waals surface area contributed by atoms with E-state index < -0.39 is 11.0 Å². The lowest BCUT2D eigenvalue weighted by Gasteiger charge is -2.20. The van der Waals surface area contributed by atoms with Crippen molar-refractivity contribution >= 4 is 17.7 Å². The Morgan fingerprint density at radius 3 is 2.62 bits per heavy atom. The first-order chi connectivity index (χ1) is 7.34.